The molecule has 3 rings (SSSR count). The van der Waals surface area contributed by atoms with E-state index in [-0.39, 0.29) is 5.91 Å². The normalized spacial score (nSPS) is 19.0. The molecule has 2 fully saturated rings. The summed E-state index contributed by atoms with van der Waals surface area (Å²) in [4.78, 5) is 16.4. The molecule has 1 aliphatic carbocycles. The lowest BCUT2D eigenvalue weighted by atomic mass is 10.2. The van der Waals surface area contributed by atoms with E-state index in [1.165, 1.54) is 0 Å². The first-order valence-corrected chi connectivity index (χ1v) is 8.24. The molecule has 1 N–H and O–H groups in total. The van der Waals surface area contributed by atoms with Gasteiger partial charge in [0.2, 0.25) is 5.91 Å². The lowest BCUT2D eigenvalue weighted by Crippen LogP contribution is -2.49. The van der Waals surface area contributed by atoms with Crippen LogP contribution in [0.2, 0.25) is 0 Å². The topological polar surface area (TPSA) is 44.8 Å². The fourth-order valence-corrected chi connectivity index (χ4v) is 2.85. The van der Waals surface area contributed by atoms with Gasteiger partial charge in [-0.3, -0.25) is 9.69 Å². The Balaban J connectivity index is 1.51. The molecule has 1 saturated carbocycles. The summed E-state index contributed by atoms with van der Waals surface area (Å²) in [6.45, 7) is 6.90. The summed E-state index contributed by atoms with van der Waals surface area (Å²) in [5, 5.41) is 3.06. The van der Waals surface area contributed by atoms with Gasteiger partial charge in [0.15, 0.2) is 0 Å². The number of rotatable bonds is 6. The van der Waals surface area contributed by atoms with Crippen molar-refractivity contribution in [3.63, 3.8) is 0 Å². The number of ether oxygens (including phenoxy) is 1. The van der Waals surface area contributed by atoms with Crippen molar-refractivity contribution in [3.8, 4) is 5.75 Å². The van der Waals surface area contributed by atoms with Crippen molar-refractivity contribution in [2.45, 2.75) is 25.8 Å². The average Bonchev–Trinajstić information content (AvgIpc) is 3.33. The molecule has 22 heavy (non-hydrogen) atoms. The first-order chi connectivity index (χ1) is 10.8. The highest BCUT2D eigenvalue weighted by Crippen LogP contribution is 2.28. The van der Waals surface area contributed by atoms with Gasteiger partial charge in [0.1, 0.15) is 5.75 Å². The molecule has 0 spiro atoms. The van der Waals surface area contributed by atoms with Crippen LogP contribution in [0, 0.1) is 0 Å². The Kier molecular flexibility index (Phi) is 4.83. The second kappa shape index (κ2) is 7.01. The molecule has 1 saturated heterocycles. The van der Waals surface area contributed by atoms with Crippen LogP contribution < -0.4 is 15.0 Å². The molecule has 0 aromatic heterocycles. The van der Waals surface area contributed by atoms with Crippen molar-refractivity contribution >= 4 is 11.6 Å². The zero-order valence-electron chi connectivity index (χ0n) is 13.3. The monoisotopic (exact) mass is 303 g/mol. The molecule has 1 amide bonds. The predicted octanol–water partition coefficient (Wildman–Crippen LogP) is 1.49. The molecule has 5 heteroatoms. The van der Waals surface area contributed by atoms with Gasteiger partial charge in [-0.25, -0.2) is 0 Å². The summed E-state index contributed by atoms with van der Waals surface area (Å²) >= 11 is 0. The second-order valence-corrected chi connectivity index (χ2v) is 6.01. The maximum absolute atomic E-state index is 11.9. The van der Waals surface area contributed by atoms with Gasteiger partial charge in [0.25, 0.3) is 0 Å². The minimum atomic E-state index is 0.172. The Morgan fingerprint density at radius 1 is 1.23 bits per heavy atom. The Labute approximate surface area is 132 Å². The van der Waals surface area contributed by atoms with E-state index in [2.05, 4.69) is 21.2 Å². The van der Waals surface area contributed by atoms with Crippen LogP contribution in [0.4, 0.5) is 5.69 Å². The van der Waals surface area contributed by atoms with Crippen molar-refractivity contribution in [1.29, 1.82) is 0 Å². The Morgan fingerprint density at radius 3 is 2.64 bits per heavy atom. The summed E-state index contributed by atoms with van der Waals surface area (Å²) in [7, 11) is 0. The third kappa shape index (κ3) is 3.91. The molecular weight excluding hydrogens is 278 g/mol. The van der Waals surface area contributed by atoms with Crippen molar-refractivity contribution in [3.05, 3.63) is 24.3 Å². The van der Waals surface area contributed by atoms with Crippen LogP contribution in [-0.4, -0.2) is 56.2 Å². The van der Waals surface area contributed by atoms with Gasteiger partial charge >= 0.3 is 0 Å². The molecule has 1 heterocycles. The highest BCUT2D eigenvalue weighted by atomic mass is 16.5. The number of carbonyl (C=O) groups excluding carboxylic acids is 1. The molecular formula is C17H25N3O2. The fraction of sp³-hybridized carbons (Fsp3) is 0.588. The third-order valence-corrected chi connectivity index (χ3v) is 4.19. The molecule has 2 aliphatic rings. The molecule has 1 aromatic carbocycles. The zero-order valence-corrected chi connectivity index (χ0v) is 13.3. The summed E-state index contributed by atoms with van der Waals surface area (Å²) in [6, 6.07) is 8.64. The number of anilines is 1. The molecule has 120 valence electrons. The quantitative estimate of drug-likeness (QED) is 0.865. The molecule has 0 bridgehead atoms. The van der Waals surface area contributed by atoms with Gasteiger partial charge in [-0.1, -0.05) is 12.1 Å². The Bertz CT molecular complexity index is 508. The summed E-state index contributed by atoms with van der Waals surface area (Å²) < 4.78 is 5.71. The number of hydrogen-bond acceptors (Lipinski definition) is 4. The number of amides is 1. The van der Waals surface area contributed by atoms with E-state index in [0.717, 1.165) is 50.5 Å². The van der Waals surface area contributed by atoms with Crippen LogP contribution >= 0.6 is 0 Å². The van der Waals surface area contributed by atoms with Gasteiger partial charge in [-0.05, 0) is 31.9 Å². The lowest BCUT2D eigenvalue weighted by Gasteiger charge is -2.36. The highest BCUT2D eigenvalue weighted by molar-refractivity contribution is 5.78. The molecule has 0 radical (unpaired) electrons. The van der Waals surface area contributed by atoms with Gasteiger partial charge in [-0.2, -0.15) is 0 Å². The number of benzene rings is 1. The van der Waals surface area contributed by atoms with E-state index in [0.29, 0.717) is 19.2 Å². The Morgan fingerprint density at radius 2 is 1.95 bits per heavy atom. The van der Waals surface area contributed by atoms with Crippen LogP contribution in [0.5, 0.6) is 5.75 Å². The first kappa shape index (κ1) is 15.2. The number of nitrogens with one attached hydrogen (secondary N) is 1. The largest absolute Gasteiger partial charge is 0.492 e. The van der Waals surface area contributed by atoms with Crippen LogP contribution in [0.15, 0.2) is 24.3 Å². The van der Waals surface area contributed by atoms with E-state index in [1.54, 1.807) is 0 Å². The highest BCUT2D eigenvalue weighted by Gasteiger charge is 2.25. The third-order valence-electron chi connectivity index (χ3n) is 4.19. The van der Waals surface area contributed by atoms with Gasteiger partial charge in [0, 0.05) is 32.2 Å². The van der Waals surface area contributed by atoms with E-state index in [4.69, 9.17) is 4.74 Å². The van der Waals surface area contributed by atoms with E-state index in [9.17, 15) is 4.79 Å². The lowest BCUT2D eigenvalue weighted by molar-refractivity contribution is -0.122. The number of para-hydroxylation sites is 2. The minimum absolute atomic E-state index is 0.172. The number of piperazine rings is 1. The SMILES string of the molecule is CCOc1ccccc1N1CCN(CC(=O)NC2CC2)CC1. The maximum atomic E-state index is 11.9. The van der Waals surface area contributed by atoms with Gasteiger partial charge in [-0.15, -0.1) is 0 Å². The first-order valence-electron chi connectivity index (χ1n) is 8.24. The molecule has 1 aliphatic heterocycles. The van der Waals surface area contributed by atoms with Crippen LogP contribution in [0.25, 0.3) is 0 Å². The second-order valence-electron chi connectivity index (χ2n) is 6.01. The summed E-state index contributed by atoms with van der Waals surface area (Å²) in [6.07, 6.45) is 2.29. The molecule has 1 aromatic rings. The molecule has 0 atom stereocenters. The standard InChI is InChI=1S/C17H25N3O2/c1-2-22-16-6-4-3-5-15(16)20-11-9-19(10-12-20)13-17(21)18-14-7-8-14/h3-6,14H,2,7-13H2,1H3,(H,18,21). The predicted molar refractivity (Wildman–Crippen MR) is 87.4 cm³/mol. The number of hydrogen-bond donors (Lipinski definition) is 1. The van der Waals surface area contributed by atoms with E-state index in [1.807, 2.05) is 25.1 Å². The van der Waals surface area contributed by atoms with Crippen LogP contribution in [0.3, 0.4) is 0 Å². The fourth-order valence-electron chi connectivity index (χ4n) is 2.85. The van der Waals surface area contributed by atoms with Gasteiger partial charge in [0.05, 0.1) is 18.8 Å². The smallest absolute Gasteiger partial charge is 0.234 e. The van der Waals surface area contributed by atoms with Crippen molar-refractivity contribution in [2.75, 3.05) is 44.2 Å². The molecule has 5 nitrogen and oxygen atoms in total. The van der Waals surface area contributed by atoms with Crippen LogP contribution in [-0.2, 0) is 4.79 Å². The maximum Gasteiger partial charge on any atom is 0.234 e. The van der Waals surface area contributed by atoms with Crippen molar-refractivity contribution < 1.29 is 9.53 Å². The van der Waals surface area contributed by atoms with Gasteiger partial charge < -0.3 is 15.0 Å². The summed E-state index contributed by atoms with van der Waals surface area (Å²) in [5.74, 6) is 1.12. The van der Waals surface area contributed by atoms with Crippen LogP contribution in [0.1, 0.15) is 19.8 Å². The zero-order chi connectivity index (χ0) is 15.4. The van der Waals surface area contributed by atoms with Crippen molar-refractivity contribution in [2.24, 2.45) is 0 Å². The minimum Gasteiger partial charge on any atom is -0.492 e. The van der Waals surface area contributed by atoms with E-state index < -0.39 is 0 Å². The van der Waals surface area contributed by atoms with E-state index >= 15 is 0 Å². The number of nitrogens with zero attached hydrogens (tertiary/aromatic N) is 2. The summed E-state index contributed by atoms with van der Waals surface area (Å²) in [5.41, 5.74) is 1.16. The Hall–Kier alpha value is -1.75. The van der Waals surface area contributed by atoms with Crippen molar-refractivity contribution in [1.82, 2.24) is 10.2 Å². The number of carbonyl (C=O) groups is 1. The molecule has 0 unspecified atom stereocenters. The average molecular weight is 303 g/mol.